The number of thioether (sulfide) groups is 1. The number of aliphatic hydroxyl groups excluding tert-OH is 1. The molecule has 0 saturated heterocycles. The maximum Gasteiger partial charge on any atom is 0.138 e. The highest BCUT2D eigenvalue weighted by atomic mass is 32.2. The Morgan fingerprint density at radius 2 is 1.50 bits per heavy atom. The molecule has 2 aromatic carbocycles. The van der Waals surface area contributed by atoms with E-state index in [-0.39, 0.29) is 6.73 Å². The third kappa shape index (κ3) is 4.63. The van der Waals surface area contributed by atoms with E-state index >= 15 is 0 Å². The van der Waals surface area contributed by atoms with Crippen molar-refractivity contribution in [3.63, 3.8) is 0 Å². The molecule has 2 aromatic rings. The number of rotatable bonds is 5. The first-order valence-electron chi connectivity index (χ1n) is 6.40. The van der Waals surface area contributed by atoms with Gasteiger partial charge >= 0.3 is 0 Å². The molecule has 104 valence electrons. The lowest BCUT2D eigenvalue weighted by molar-refractivity contribution is 0.170. The van der Waals surface area contributed by atoms with Gasteiger partial charge in [-0.15, -0.1) is 0 Å². The van der Waals surface area contributed by atoms with Crippen molar-refractivity contribution >= 4 is 28.3 Å². The third-order valence-corrected chi connectivity index (χ3v) is 4.44. The molecule has 0 amide bonds. The Labute approximate surface area is 129 Å². The van der Waals surface area contributed by atoms with Crippen molar-refractivity contribution in [3.8, 4) is 0 Å². The topological polar surface area (TPSA) is 23.5 Å². The summed E-state index contributed by atoms with van der Waals surface area (Å²) in [5.74, 6) is 0.824. The standard InChI is InChI=1S/C16H17NOS2/c18-13-17(11-14-7-3-1-4-8-14)16(19)20-12-15-9-5-2-6-10-15/h1-10,18H,11-13H2. The van der Waals surface area contributed by atoms with Crippen LogP contribution in [0.2, 0.25) is 0 Å². The number of aliphatic hydroxyl groups is 1. The van der Waals surface area contributed by atoms with Crippen molar-refractivity contribution in [2.45, 2.75) is 12.3 Å². The van der Waals surface area contributed by atoms with Crippen molar-refractivity contribution in [3.05, 3.63) is 71.8 Å². The van der Waals surface area contributed by atoms with Crippen LogP contribution < -0.4 is 0 Å². The average molecular weight is 303 g/mol. The van der Waals surface area contributed by atoms with Crippen LogP contribution in [-0.4, -0.2) is 21.1 Å². The van der Waals surface area contributed by atoms with Gasteiger partial charge in [0.05, 0.1) is 0 Å². The predicted octanol–water partition coefficient (Wildman–Crippen LogP) is 3.66. The van der Waals surface area contributed by atoms with Crippen LogP contribution >= 0.6 is 24.0 Å². The summed E-state index contributed by atoms with van der Waals surface area (Å²) in [4.78, 5) is 1.80. The molecular formula is C16H17NOS2. The molecule has 0 radical (unpaired) electrons. The third-order valence-electron chi connectivity index (χ3n) is 2.85. The minimum atomic E-state index is -0.0600. The van der Waals surface area contributed by atoms with Gasteiger partial charge in [0.25, 0.3) is 0 Å². The zero-order valence-electron chi connectivity index (χ0n) is 11.1. The van der Waals surface area contributed by atoms with Crippen molar-refractivity contribution < 1.29 is 5.11 Å². The number of thiocarbonyl (C=S) groups is 1. The monoisotopic (exact) mass is 303 g/mol. The molecule has 20 heavy (non-hydrogen) atoms. The first kappa shape index (κ1) is 15.0. The first-order valence-corrected chi connectivity index (χ1v) is 7.79. The van der Waals surface area contributed by atoms with Gasteiger partial charge in [-0.25, -0.2) is 0 Å². The second-order valence-electron chi connectivity index (χ2n) is 4.37. The average Bonchev–Trinajstić information content (AvgIpc) is 2.52. The highest BCUT2D eigenvalue weighted by Gasteiger charge is 2.09. The van der Waals surface area contributed by atoms with Gasteiger partial charge in [-0.1, -0.05) is 84.6 Å². The van der Waals surface area contributed by atoms with Gasteiger partial charge in [0.2, 0.25) is 0 Å². The maximum atomic E-state index is 9.48. The quantitative estimate of drug-likeness (QED) is 0.673. The number of hydrogen-bond donors (Lipinski definition) is 1. The maximum absolute atomic E-state index is 9.48. The molecule has 2 nitrogen and oxygen atoms in total. The first-order chi connectivity index (χ1) is 9.79. The molecule has 0 atom stereocenters. The highest BCUT2D eigenvalue weighted by Crippen LogP contribution is 2.18. The van der Waals surface area contributed by atoms with Crippen LogP contribution in [-0.2, 0) is 12.3 Å². The number of nitrogens with zero attached hydrogens (tertiary/aromatic N) is 1. The van der Waals surface area contributed by atoms with Gasteiger partial charge in [0.15, 0.2) is 0 Å². The highest BCUT2D eigenvalue weighted by molar-refractivity contribution is 8.22. The fourth-order valence-electron chi connectivity index (χ4n) is 1.79. The van der Waals surface area contributed by atoms with Crippen molar-refractivity contribution in [1.29, 1.82) is 0 Å². The van der Waals surface area contributed by atoms with Gasteiger partial charge in [-0.2, -0.15) is 0 Å². The summed E-state index contributed by atoms with van der Waals surface area (Å²) in [5.41, 5.74) is 2.38. The van der Waals surface area contributed by atoms with Crippen LogP contribution in [0.15, 0.2) is 60.7 Å². The Hall–Kier alpha value is -1.36. The van der Waals surface area contributed by atoms with Crippen molar-refractivity contribution in [2.75, 3.05) is 6.73 Å². The fraction of sp³-hybridized carbons (Fsp3) is 0.188. The van der Waals surface area contributed by atoms with Gasteiger partial charge in [-0.05, 0) is 11.1 Å². The summed E-state index contributed by atoms with van der Waals surface area (Å²) in [7, 11) is 0. The summed E-state index contributed by atoms with van der Waals surface area (Å²) < 4.78 is 0.722. The summed E-state index contributed by atoms with van der Waals surface area (Å²) in [6.07, 6.45) is 0. The molecule has 0 saturated carbocycles. The number of hydrogen-bond acceptors (Lipinski definition) is 3. The Balaban J connectivity index is 1.89. The van der Waals surface area contributed by atoms with Crippen LogP contribution in [0.3, 0.4) is 0 Å². The minimum absolute atomic E-state index is 0.0600. The Morgan fingerprint density at radius 3 is 2.05 bits per heavy atom. The number of benzene rings is 2. The summed E-state index contributed by atoms with van der Waals surface area (Å²) >= 11 is 6.98. The molecule has 0 aliphatic heterocycles. The second kappa shape index (κ2) is 8.04. The molecule has 0 fully saturated rings. The summed E-state index contributed by atoms with van der Waals surface area (Å²) in [6, 6.07) is 20.2. The molecule has 2 rings (SSSR count). The summed E-state index contributed by atoms with van der Waals surface area (Å²) in [5, 5.41) is 9.48. The Morgan fingerprint density at radius 1 is 0.950 bits per heavy atom. The van der Waals surface area contributed by atoms with E-state index in [1.165, 1.54) is 5.56 Å². The molecular weight excluding hydrogens is 286 g/mol. The Bertz CT molecular complexity index is 531. The molecule has 4 heteroatoms. The smallest absolute Gasteiger partial charge is 0.138 e. The lowest BCUT2D eigenvalue weighted by atomic mass is 10.2. The fourth-order valence-corrected chi connectivity index (χ4v) is 2.87. The molecule has 0 aliphatic carbocycles. The normalized spacial score (nSPS) is 10.2. The molecule has 0 heterocycles. The molecule has 0 aliphatic rings. The molecule has 0 aromatic heterocycles. The van der Waals surface area contributed by atoms with E-state index in [9.17, 15) is 5.11 Å². The molecule has 0 spiro atoms. The van der Waals surface area contributed by atoms with Crippen LogP contribution in [0.4, 0.5) is 0 Å². The predicted molar refractivity (Wildman–Crippen MR) is 89.4 cm³/mol. The van der Waals surface area contributed by atoms with E-state index in [0.717, 1.165) is 15.6 Å². The van der Waals surface area contributed by atoms with E-state index in [0.29, 0.717) is 6.54 Å². The van der Waals surface area contributed by atoms with Crippen LogP contribution in [0.5, 0.6) is 0 Å². The zero-order chi connectivity index (χ0) is 14.2. The molecule has 1 N–H and O–H groups in total. The van der Waals surface area contributed by atoms with E-state index in [2.05, 4.69) is 12.1 Å². The molecule has 0 unspecified atom stereocenters. The second-order valence-corrected chi connectivity index (χ2v) is 5.97. The van der Waals surface area contributed by atoms with Crippen LogP contribution in [0, 0.1) is 0 Å². The van der Waals surface area contributed by atoms with Crippen molar-refractivity contribution in [2.24, 2.45) is 0 Å². The van der Waals surface area contributed by atoms with Crippen LogP contribution in [0.25, 0.3) is 0 Å². The SMILES string of the molecule is OCN(Cc1ccccc1)C(=S)SCc1ccccc1. The van der Waals surface area contributed by atoms with E-state index in [4.69, 9.17) is 12.2 Å². The summed E-state index contributed by atoms with van der Waals surface area (Å²) in [6.45, 7) is 0.577. The minimum Gasteiger partial charge on any atom is -0.376 e. The lowest BCUT2D eigenvalue weighted by Gasteiger charge is -2.22. The van der Waals surface area contributed by atoms with Crippen LogP contribution in [0.1, 0.15) is 11.1 Å². The largest absolute Gasteiger partial charge is 0.376 e. The van der Waals surface area contributed by atoms with Gasteiger partial charge in [0, 0.05) is 12.3 Å². The van der Waals surface area contributed by atoms with Crippen molar-refractivity contribution in [1.82, 2.24) is 4.90 Å². The van der Waals surface area contributed by atoms with Gasteiger partial charge in [0.1, 0.15) is 11.1 Å². The van der Waals surface area contributed by atoms with Gasteiger partial charge < -0.3 is 10.0 Å². The lowest BCUT2D eigenvalue weighted by Crippen LogP contribution is -2.27. The zero-order valence-corrected chi connectivity index (χ0v) is 12.7. The Kier molecular flexibility index (Phi) is 6.05. The van der Waals surface area contributed by atoms with E-state index in [1.807, 2.05) is 48.5 Å². The molecule has 0 bridgehead atoms. The van der Waals surface area contributed by atoms with Gasteiger partial charge in [-0.3, -0.25) is 0 Å². The van der Waals surface area contributed by atoms with E-state index < -0.39 is 0 Å². The van der Waals surface area contributed by atoms with E-state index in [1.54, 1.807) is 16.7 Å².